The van der Waals surface area contributed by atoms with Gasteiger partial charge in [0.2, 0.25) is 0 Å². The van der Waals surface area contributed by atoms with Gasteiger partial charge in [0.25, 0.3) is 0 Å². The van der Waals surface area contributed by atoms with Gasteiger partial charge in [-0.15, -0.1) is 0 Å². The largest absolute Gasteiger partial charge is 0.455 e. The lowest BCUT2D eigenvalue weighted by molar-refractivity contribution is 0.672. The SMILES string of the molecule is c1ccc(-c2ccccc2-c2ccc(N(c3ccc4c(ccc5cc([Si](c6ccccc6)(c6ccccc6)c6ccccc6)ccc54)c3)c3ccc4ccc5c6ccccc6oc5c4c3)cc2)cc1. The second-order valence-corrected chi connectivity index (χ2v) is 21.8. The van der Waals surface area contributed by atoms with Crippen molar-refractivity contribution in [3.8, 4) is 22.3 Å². The van der Waals surface area contributed by atoms with Gasteiger partial charge in [-0.25, -0.2) is 0 Å². The summed E-state index contributed by atoms with van der Waals surface area (Å²) >= 11 is 0. The number of nitrogens with zero attached hydrogens (tertiary/aromatic N) is 1. The zero-order chi connectivity index (χ0) is 45.7. The molecular formula is C66H45NOSi. The minimum atomic E-state index is -2.69. The van der Waals surface area contributed by atoms with Crippen LogP contribution in [-0.2, 0) is 0 Å². The van der Waals surface area contributed by atoms with Crippen molar-refractivity contribution in [3.05, 3.63) is 273 Å². The number of benzene rings is 12. The Morgan fingerprint density at radius 2 is 0.739 bits per heavy atom. The first-order chi connectivity index (χ1) is 34.2. The van der Waals surface area contributed by atoms with Crippen molar-refractivity contribution in [2.24, 2.45) is 0 Å². The summed E-state index contributed by atoms with van der Waals surface area (Å²) in [6, 6.07) is 100. The second-order valence-electron chi connectivity index (χ2n) is 18.0. The average molecular weight is 896 g/mol. The fraction of sp³-hybridized carbons (Fsp3) is 0. The Bertz CT molecular complexity index is 3900. The highest BCUT2D eigenvalue weighted by atomic mass is 28.3. The van der Waals surface area contributed by atoms with Gasteiger partial charge >= 0.3 is 0 Å². The van der Waals surface area contributed by atoms with Crippen LogP contribution in [0, 0.1) is 0 Å². The van der Waals surface area contributed by atoms with Gasteiger partial charge in [-0.05, 0) is 118 Å². The summed E-state index contributed by atoms with van der Waals surface area (Å²) in [5.74, 6) is 0. The monoisotopic (exact) mass is 895 g/mol. The third-order valence-corrected chi connectivity index (χ3v) is 19.0. The second kappa shape index (κ2) is 16.8. The standard InChI is InChI=1S/C66H45NOSi/c1-5-17-46(18-6-1)58-25-13-14-26-59(58)47-31-35-51(36-32-47)67(53-37-33-48-34-40-63-62-27-15-16-28-65(62)68-66(63)64(48)45-53)52-38-41-60-49(43-52)29-30-50-44-57(39-42-61(50)60)69(54-19-7-2-8-20-54,55-21-9-3-10-22-55)56-23-11-4-12-24-56/h1-45H. The molecule has 0 amide bonds. The third-order valence-electron chi connectivity index (χ3n) is 14.2. The Morgan fingerprint density at radius 1 is 0.275 bits per heavy atom. The highest BCUT2D eigenvalue weighted by Gasteiger charge is 2.41. The van der Waals surface area contributed by atoms with Crippen LogP contribution in [0.4, 0.5) is 17.1 Å². The van der Waals surface area contributed by atoms with Crippen molar-refractivity contribution in [1.82, 2.24) is 0 Å². The molecule has 324 valence electrons. The highest BCUT2D eigenvalue weighted by molar-refractivity contribution is 7.20. The van der Waals surface area contributed by atoms with Gasteiger partial charge < -0.3 is 9.32 Å². The van der Waals surface area contributed by atoms with Gasteiger partial charge in [0.15, 0.2) is 8.07 Å². The maximum absolute atomic E-state index is 6.61. The predicted octanol–water partition coefficient (Wildman–Crippen LogP) is 15.2. The molecule has 0 unspecified atom stereocenters. The Hall–Kier alpha value is -8.76. The number of hydrogen-bond acceptors (Lipinski definition) is 2. The summed E-state index contributed by atoms with van der Waals surface area (Å²) in [6.07, 6.45) is 0. The highest BCUT2D eigenvalue weighted by Crippen LogP contribution is 2.42. The maximum Gasteiger partial charge on any atom is 0.179 e. The lowest BCUT2D eigenvalue weighted by Crippen LogP contribution is -2.74. The lowest BCUT2D eigenvalue weighted by atomic mass is 9.94. The van der Waals surface area contributed by atoms with Crippen LogP contribution in [0.25, 0.3) is 76.5 Å². The number of fused-ring (bicyclic) bond motifs is 8. The van der Waals surface area contributed by atoms with E-state index in [0.717, 1.165) is 49.8 Å². The number of rotatable bonds is 9. The molecule has 0 radical (unpaired) electrons. The number of furan rings is 1. The molecule has 0 aliphatic carbocycles. The van der Waals surface area contributed by atoms with E-state index in [1.165, 1.54) is 64.5 Å². The molecule has 0 aliphatic rings. The molecule has 12 aromatic carbocycles. The maximum atomic E-state index is 6.61. The van der Waals surface area contributed by atoms with Crippen molar-refractivity contribution < 1.29 is 4.42 Å². The van der Waals surface area contributed by atoms with Gasteiger partial charge in [-0.1, -0.05) is 224 Å². The van der Waals surface area contributed by atoms with E-state index in [-0.39, 0.29) is 0 Å². The van der Waals surface area contributed by atoms with Crippen molar-refractivity contribution in [3.63, 3.8) is 0 Å². The molecule has 69 heavy (non-hydrogen) atoms. The van der Waals surface area contributed by atoms with Crippen molar-refractivity contribution in [2.75, 3.05) is 4.90 Å². The zero-order valence-electron chi connectivity index (χ0n) is 37.8. The molecule has 0 saturated heterocycles. The summed E-state index contributed by atoms with van der Waals surface area (Å²) in [7, 11) is -2.69. The van der Waals surface area contributed by atoms with E-state index in [0.29, 0.717) is 0 Å². The van der Waals surface area contributed by atoms with Crippen LogP contribution in [0.5, 0.6) is 0 Å². The summed E-state index contributed by atoms with van der Waals surface area (Å²) in [5.41, 5.74) is 9.81. The molecule has 0 bridgehead atoms. The Labute approximate surface area is 402 Å². The van der Waals surface area contributed by atoms with Crippen molar-refractivity contribution >= 4 is 100 Å². The molecule has 0 aliphatic heterocycles. The van der Waals surface area contributed by atoms with Crippen LogP contribution in [0.1, 0.15) is 0 Å². The first-order valence-electron chi connectivity index (χ1n) is 23.7. The molecule has 1 aromatic heterocycles. The molecule has 0 N–H and O–H groups in total. The van der Waals surface area contributed by atoms with Crippen molar-refractivity contribution in [1.29, 1.82) is 0 Å². The summed E-state index contributed by atoms with van der Waals surface area (Å²) in [4.78, 5) is 2.39. The van der Waals surface area contributed by atoms with Crippen LogP contribution in [0.15, 0.2) is 277 Å². The van der Waals surface area contributed by atoms with Crippen LogP contribution in [-0.4, -0.2) is 8.07 Å². The van der Waals surface area contributed by atoms with Gasteiger partial charge in [0.1, 0.15) is 11.2 Å². The van der Waals surface area contributed by atoms with Gasteiger partial charge in [0, 0.05) is 33.2 Å². The summed E-state index contributed by atoms with van der Waals surface area (Å²) < 4.78 is 6.61. The van der Waals surface area contributed by atoms with Crippen LogP contribution in [0.3, 0.4) is 0 Å². The molecule has 1 heterocycles. The zero-order valence-corrected chi connectivity index (χ0v) is 38.8. The number of para-hydroxylation sites is 1. The fourth-order valence-corrected chi connectivity index (χ4v) is 15.7. The minimum absolute atomic E-state index is 0.899. The van der Waals surface area contributed by atoms with E-state index in [9.17, 15) is 0 Å². The van der Waals surface area contributed by atoms with Crippen LogP contribution < -0.4 is 25.6 Å². The van der Waals surface area contributed by atoms with Crippen LogP contribution >= 0.6 is 0 Å². The topological polar surface area (TPSA) is 16.4 Å². The molecule has 0 atom stereocenters. The first kappa shape index (κ1) is 40.5. The van der Waals surface area contributed by atoms with E-state index >= 15 is 0 Å². The summed E-state index contributed by atoms with van der Waals surface area (Å²) in [6.45, 7) is 0. The van der Waals surface area contributed by atoms with E-state index in [1.54, 1.807) is 0 Å². The van der Waals surface area contributed by atoms with E-state index < -0.39 is 8.07 Å². The van der Waals surface area contributed by atoms with E-state index in [2.05, 4.69) is 272 Å². The molecule has 0 spiro atoms. The normalized spacial score (nSPS) is 11.8. The Balaban J connectivity index is 0.964. The number of hydrogen-bond donors (Lipinski definition) is 0. The van der Waals surface area contributed by atoms with Crippen LogP contribution in [0.2, 0.25) is 0 Å². The molecular weight excluding hydrogens is 851 g/mol. The van der Waals surface area contributed by atoms with Gasteiger partial charge in [-0.2, -0.15) is 0 Å². The molecule has 2 nitrogen and oxygen atoms in total. The molecule has 0 saturated carbocycles. The van der Waals surface area contributed by atoms with E-state index in [4.69, 9.17) is 4.42 Å². The Morgan fingerprint density at radius 3 is 1.39 bits per heavy atom. The van der Waals surface area contributed by atoms with Gasteiger partial charge in [-0.3, -0.25) is 0 Å². The quantitative estimate of drug-likeness (QED) is 0.0815. The smallest absolute Gasteiger partial charge is 0.179 e. The Kier molecular flexibility index (Phi) is 9.88. The first-order valence-corrected chi connectivity index (χ1v) is 25.7. The number of anilines is 3. The third kappa shape index (κ3) is 6.86. The predicted molar refractivity (Wildman–Crippen MR) is 295 cm³/mol. The molecule has 0 fully saturated rings. The minimum Gasteiger partial charge on any atom is -0.455 e. The summed E-state index contributed by atoms with van der Waals surface area (Å²) in [5, 5.41) is 14.8. The fourth-order valence-electron chi connectivity index (χ4n) is 11.0. The molecule has 3 heteroatoms. The van der Waals surface area contributed by atoms with Gasteiger partial charge in [0.05, 0.1) is 0 Å². The average Bonchev–Trinajstić information content (AvgIpc) is 3.82. The van der Waals surface area contributed by atoms with E-state index in [1.807, 2.05) is 6.07 Å². The molecule has 13 rings (SSSR count). The molecule has 13 aromatic rings. The lowest BCUT2D eigenvalue weighted by Gasteiger charge is -2.34. The van der Waals surface area contributed by atoms with Crippen molar-refractivity contribution in [2.45, 2.75) is 0 Å².